The standard InChI is InChI=1S/C17H20O4/c1-2-10-17(16(19)20)11-6-9-14(17)15(18)21-12-13-7-4-3-5-8-13/h2-5,7-8,14H,1,6,9-12H2,(H,19,20). The zero-order valence-corrected chi connectivity index (χ0v) is 12.0. The lowest BCUT2D eigenvalue weighted by Gasteiger charge is -2.28. The molecule has 2 atom stereocenters. The molecule has 1 saturated carbocycles. The summed E-state index contributed by atoms with van der Waals surface area (Å²) in [6.45, 7) is 3.80. The SMILES string of the molecule is C=CCC1(C(=O)O)CCCC1C(=O)OCc1ccccc1. The third-order valence-corrected chi connectivity index (χ3v) is 4.23. The van der Waals surface area contributed by atoms with E-state index in [1.54, 1.807) is 6.08 Å². The largest absolute Gasteiger partial charge is 0.481 e. The Balaban J connectivity index is 2.06. The van der Waals surface area contributed by atoms with Crippen molar-refractivity contribution in [1.82, 2.24) is 0 Å². The molecule has 21 heavy (non-hydrogen) atoms. The van der Waals surface area contributed by atoms with Gasteiger partial charge in [-0.2, -0.15) is 0 Å². The number of carboxylic acid groups (broad SMARTS) is 1. The van der Waals surface area contributed by atoms with E-state index in [0.717, 1.165) is 12.0 Å². The Morgan fingerprint density at radius 3 is 2.71 bits per heavy atom. The van der Waals surface area contributed by atoms with Gasteiger partial charge in [-0.25, -0.2) is 0 Å². The lowest BCUT2D eigenvalue weighted by atomic mass is 9.75. The monoisotopic (exact) mass is 288 g/mol. The molecule has 1 aliphatic carbocycles. The van der Waals surface area contributed by atoms with Crippen molar-refractivity contribution in [2.75, 3.05) is 0 Å². The molecule has 2 unspecified atom stereocenters. The van der Waals surface area contributed by atoms with Crippen LogP contribution in [-0.2, 0) is 20.9 Å². The highest BCUT2D eigenvalue weighted by Crippen LogP contribution is 2.47. The molecule has 1 aliphatic rings. The van der Waals surface area contributed by atoms with Crippen molar-refractivity contribution in [3.05, 3.63) is 48.6 Å². The van der Waals surface area contributed by atoms with Crippen LogP contribution in [0.2, 0.25) is 0 Å². The van der Waals surface area contributed by atoms with Gasteiger partial charge in [0.05, 0.1) is 11.3 Å². The Labute approximate surface area is 124 Å². The fraction of sp³-hybridized carbons (Fsp3) is 0.412. The molecule has 0 aromatic heterocycles. The summed E-state index contributed by atoms with van der Waals surface area (Å²) in [5.41, 5.74) is -0.149. The maximum Gasteiger partial charge on any atom is 0.310 e. The van der Waals surface area contributed by atoms with Gasteiger partial charge in [0.15, 0.2) is 0 Å². The first kappa shape index (κ1) is 15.3. The Morgan fingerprint density at radius 2 is 2.10 bits per heavy atom. The molecule has 2 rings (SSSR count). The van der Waals surface area contributed by atoms with Gasteiger partial charge in [0, 0.05) is 0 Å². The minimum absolute atomic E-state index is 0.181. The van der Waals surface area contributed by atoms with Crippen molar-refractivity contribution >= 4 is 11.9 Å². The predicted octanol–water partition coefficient (Wildman–Crippen LogP) is 3.18. The quantitative estimate of drug-likeness (QED) is 0.645. The van der Waals surface area contributed by atoms with Gasteiger partial charge in [0.1, 0.15) is 6.61 Å². The summed E-state index contributed by atoms with van der Waals surface area (Å²) in [7, 11) is 0. The van der Waals surface area contributed by atoms with Crippen LogP contribution in [0, 0.1) is 11.3 Å². The van der Waals surface area contributed by atoms with Crippen LogP contribution < -0.4 is 0 Å². The second kappa shape index (κ2) is 6.57. The van der Waals surface area contributed by atoms with Crippen LogP contribution in [0.3, 0.4) is 0 Å². The van der Waals surface area contributed by atoms with Crippen molar-refractivity contribution in [3.63, 3.8) is 0 Å². The number of allylic oxidation sites excluding steroid dienone is 1. The number of benzene rings is 1. The fourth-order valence-electron chi connectivity index (χ4n) is 3.09. The Hall–Kier alpha value is -2.10. The van der Waals surface area contributed by atoms with Gasteiger partial charge in [-0.05, 0) is 24.8 Å². The van der Waals surface area contributed by atoms with Gasteiger partial charge in [-0.15, -0.1) is 6.58 Å². The molecule has 112 valence electrons. The molecule has 1 aromatic rings. The average Bonchev–Trinajstić information content (AvgIpc) is 2.91. The first-order chi connectivity index (χ1) is 10.1. The van der Waals surface area contributed by atoms with Crippen molar-refractivity contribution < 1.29 is 19.4 Å². The first-order valence-corrected chi connectivity index (χ1v) is 7.15. The van der Waals surface area contributed by atoms with E-state index in [9.17, 15) is 14.7 Å². The van der Waals surface area contributed by atoms with Crippen molar-refractivity contribution in [2.24, 2.45) is 11.3 Å². The summed E-state index contributed by atoms with van der Waals surface area (Å²) in [6, 6.07) is 9.38. The number of carbonyl (C=O) groups excluding carboxylic acids is 1. The predicted molar refractivity (Wildman–Crippen MR) is 78.5 cm³/mol. The second-order valence-corrected chi connectivity index (χ2v) is 5.49. The second-order valence-electron chi connectivity index (χ2n) is 5.49. The number of ether oxygens (including phenoxy) is 1. The Morgan fingerprint density at radius 1 is 1.38 bits per heavy atom. The lowest BCUT2D eigenvalue weighted by molar-refractivity contribution is -0.164. The molecular formula is C17H20O4. The molecule has 4 heteroatoms. The van der Waals surface area contributed by atoms with Crippen molar-refractivity contribution in [1.29, 1.82) is 0 Å². The lowest BCUT2D eigenvalue weighted by Crippen LogP contribution is -2.39. The highest BCUT2D eigenvalue weighted by atomic mass is 16.5. The summed E-state index contributed by atoms with van der Waals surface area (Å²) in [5, 5.41) is 9.54. The number of esters is 1. The van der Waals surface area contributed by atoms with Crippen molar-refractivity contribution in [3.8, 4) is 0 Å². The number of carboxylic acids is 1. The van der Waals surface area contributed by atoms with Gasteiger partial charge in [-0.3, -0.25) is 9.59 Å². The van der Waals surface area contributed by atoms with Crippen molar-refractivity contribution in [2.45, 2.75) is 32.3 Å². The fourth-order valence-corrected chi connectivity index (χ4v) is 3.09. The van der Waals surface area contributed by atoms with E-state index in [2.05, 4.69) is 6.58 Å². The zero-order chi connectivity index (χ0) is 15.3. The molecule has 0 amide bonds. The number of hydrogen-bond donors (Lipinski definition) is 1. The third-order valence-electron chi connectivity index (χ3n) is 4.23. The number of carbonyl (C=O) groups is 2. The van der Waals surface area contributed by atoms with Crippen LogP contribution in [-0.4, -0.2) is 17.0 Å². The normalized spacial score (nSPS) is 24.5. The highest BCUT2D eigenvalue weighted by Gasteiger charge is 2.52. The van der Waals surface area contributed by atoms with Crippen LogP contribution in [0.5, 0.6) is 0 Å². The molecule has 0 bridgehead atoms. The first-order valence-electron chi connectivity index (χ1n) is 7.15. The highest BCUT2D eigenvalue weighted by molar-refractivity contribution is 5.85. The van der Waals surface area contributed by atoms with Gasteiger partial charge in [0.2, 0.25) is 0 Å². The number of hydrogen-bond acceptors (Lipinski definition) is 3. The maximum atomic E-state index is 12.3. The Kier molecular flexibility index (Phi) is 4.78. The molecule has 4 nitrogen and oxygen atoms in total. The van der Waals surface area contributed by atoms with E-state index in [4.69, 9.17) is 4.74 Å². The van der Waals surface area contributed by atoms with Crippen LogP contribution >= 0.6 is 0 Å². The van der Waals surface area contributed by atoms with Gasteiger partial charge in [0.25, 0.3) is 0 Å². The van der Waals surface area contributed by atoms with E-state index >= 15 is 0 Å². The maximum absolute atomic E-state index is 12.3. The van der Waals surface area contributed by atoms with Crippen LogP contribution in [0.4, 0.5) is 0 Å². The van der Waals surface area contributed by atoms with Crippen LogP contribution in [0.25, 0.3) is 0 Å². The zero-order valence-electron chi connectivity index (χ0n) is 12.0. The third kappa shape index (κ3) is 3.15. The van der Waals surface area contributed by atoms with Gasteiger partial charge < -0.3 is 9.84 Å². The van der Waals surface area contributed by atoms with E-state index in [1.807, 2.05) is 30.3 Å². The molecule has 1 aromatic carbocycles. The van der Waals surface area contributed by atoms with Crippen LogP contribution in [0.1, 0.15) is 31.2 Å². The van der Waals surface area contributed by atoms with Crippen LogP contribution in [0.15, 0.2) is 43.0 Å². The smallest absolute Gasteiger partial charge is 0.310 e. The molecule has 1 fully saturated rings. The molecule has 0 aliphatic heterocycles. The van der Waals surface area contributed by atoms with Gasteiger partial charge in [-0.1, -0.05) is 42.8 Å². The topological polar surface area (TPSA) is 63.6 Å². The van der Waals surface area contributed by atoms with E-state index < -0.39 is 23.3 Å². The summed E-state index contributed by atoms with van der Waals surface area (Å²) in [5.74, 6) is -1.93. The van der Waals surface area contributed by atoms with E-state index in [-0.39, 0.29) is 6.61 Å². The molecule has 1 N–H and O–H groups in total. The summed E-state index contributed by atoms with van der Waals surface area (Å²) >= 11 is 0. The summed E-state index contributed by atoms with van der Waals surface area (Å²) < 4.78 is 5.33. The molecule has 0 heterocycles. The molecule has 0 spiro atoms. The minimum atomic E-state index is -1.05. The number of rotatable bonds is 6. The van der Waals surface area contributed by atoms with Gasteiger partial charge >= 0.3 is 11.9 Å². The molecule has 0 radical (unpaired) electrons. The number of aliphatic carboxylic acids is 1. The Bertz CT molecular complexity index is 523. The summed E-state index contributed by atoms with van der Waals surface area (Å²) in [4.78, 5) is 23.9. The summed E-state index contributed by atoms with van der Waals surface area (Å²) in [6.07, 6.45) is 3.67. The van der Waals surface area contributed by atoms with E-state index in [0.29, 0.717) is 19.3 Å². The molecular weight excluding hydrogens is 268 g/mol. The average molecular weight is 288 g/mol. The molecule has 0 saturated heterocycles. The minimum Gasteiger partial charge on any atom is -0.481 e. The van der Waals surface area contributed by atoms with E-state index in [1.165, 1.54) is 0 Å².